The summed E-state index contributed by atoms with van der Waals surface area (Å²) >= 11 is 6.17. The largest absolute Gasteiger partial charge is 0.497 e. The lowest BCUT2D eigenvalue weighted by Crippen LogP contribution is -2.36. The summed E-state index contributed by atoms with van der Waals surface area (Å²) in [6.07, 6.45) is 0. The van der Waals surface area contributed by atoms with Crippen LogP contribution in [0, 0.1) is 0 Å². The van der Waals surface area contributed by atoms with E-state index in [1.165, 1.54) is 0 Å². The first kappa shape index (κ1) is 18.3. The third-order valence-electron chi connectivity index (χ3n) is 3.77. The molecule has 0 spiro atoms. The number of carbonyl (C=O) groups is 1. The summed E-state index contributed by atoms with van der Waals surface area (Å²) in [5, 5.41) is 3.65. The van der Waals surface area contributed by atoms with Gasteiger partial charge in [0.25, 0.3) is 0 Å². The van der Waals surface area contributed by atoms with E-state index in [0.717, 1.165) is 16.9 Å². The second kappa shape index (κ2) is 8.71. The van der Waals surface area contributed by atoms with Gasteiger partial charge in [-0.25, -0.2) is 0 Å². The summed E-state index contributed by atoms with van der Waals surface area (Å²) < 4.78 is 5.15. The maximum Gasteiger partial charge on any atom is 0.234 e. The standard InChI is InChI=1S/C19H23ClN2O2/c1-14(17-6-4-5-7-18(17)20)21-19(23)13-22(2)12-15-8-10-16(24-3)11-9-15/h4-11,14H,12-13H2,1-3H3,(H,21,23). The molecule has 0 radical (unpaired) electrons. The smallest absolute Gasteiger partial charge is 0.234 e. The predicted molar refractivity (Wildman–Crippen MR) is 97.3 cm³/mol. The van der Waals surface area contributed by atoms with E-state index in [4.69, 9.17) is 16.3 Å². The molecule has 0 saturated heterocycles. The maximum atomic E-state index is 12.2. The lowest BCUT2D eigenvalue weighted by Gasteiger charge is -2.20. The van der Waals surface area contributed by atoms with Crippen molar-refractivity contribution in [1.29, 1.82) is 0 Å². The SMILES string of the molecule is COc1ccc(CN(C)CC(=O)NC(C)c2ccccc2Cl)cc1. The quantitative estimate of drug-likeness (QED) is 0.832. The Balaban J connectivity index is 1.85. The van der Waals surface area contributed by atoms with E-state index in [-0.39, 0.29) is 11.9 Å². The number of hydrogen-bond donors (Lipinski definition) is 1. The van der Waals surface area contributed by atoms with Crippen LogP contribution in [0.2, 0.25) is 5.02 Å². The van der Waals surface area contributed by atoms with E-state index < -0.39 is 0 Å². The minimum atomic E-state index is -0.124. The first-order valence-corrected chi connectivity index (χ1v) is 8.22. The normalized spacial score (nSPS) is 12.0. The highest BCUT2D eigenvalue weighted by Crippen LogP contribution is 2.22. The molecule has 128 valence electrons. The van der Waals surface area contributed by atoms with Gasteiger partial charge in [-0.3, -0.25) is 9.69 Å². The van der Waals surface area contributed by atoms with Crippen LogP contribution >= 0.6 is 11.6 Å². The minimum absolute atomic E-state index is 0.0292. The zero-order valence-corrected chi connectivity index (χ0v) is 15.0. The number of nitrogens with zero attached hydrogens (tertiary/aromatic N) is 1. The van der Waals surface area contributed by atoms with Crippen molar-refractivity contribution in [2.75, 3.05) is 20.7 Å². The fraction of sp³-hybridized carbons (Fsp3) is 0.316. The van der Waals surface area contributed by atoms with Crippen LogP contribution in [0.3, 0.4) is 0 Å². The van der Waals surface area contributed by atoms with Crippen LogP contribution in [0.1, 0.15) is 24.1 Å². The molecule has 2 aromatic carbocycles. The van der Waals surface area contributed by atoms with Gasteiger partial charge in [-0.2, -0.15) is 0 Å². The van der Waals surface area contributed by atoms with Crippen LogP contribution in [-0.2, 0) is 11.3 Å². The average Bonchev–Trinajstić information content (AvgIpc) is 2.55. The van der Waals surface area contributed by atoms with Crippen LogP contribution < -0.4 is 10.1 Å². The van der Waals surface area contributed by atoms with Crippen molar-refractivity contribution in [3.8, 4) is 5.75 Å². The van der Waals surface area contributed by atoms with Crippen molar-refractivity contribution < 1.29 is 9.53 Å². The number of rotatable bonds is 7. The molecule has 24 heavy (non-hydrogen) atoms. The van der Waals surface area contributed by atoms with Gasteiger partial charge < -0.3 is 10.1 Å². The Labute approximate surface area is 148 Å². The Morgan fingerprint density at radius 3 is 2.50 bits per heavy atom. The molecule has 0 aromatic heterocycles. The third-order valence-corrected chi connectivity index (χ3v) is 4.12. The number of likely N-dealkylation sites (N-methyl/N-ethyl adjacent to an activating group) is 1. The van der Waals surface area contributed by atoms with E-state index in [1.54, 1.807) is 7.11 Å². The number of ether oxygens (including phenoxy) is 1. The number of methoxy groups -OCH3 is 1. The molecule has 0 fully saturated rings. The van der Waals surface area contributed by atoms with Crippen LogP contribution in [0.25, 0.3) is 0 Å². The van der Waals surface area contributed by atoms with Crippen LogP contribution in [-0.4, -0.2) is 31.5 Å². The summed E-state index contributed by atoms with van der Waals surface area (Å²) in [6.45, 7) is 2.95. The van der Waals surface area contributed by atoms with Gasteiger partial charge in [0.1, 0.15) is 5.75 Å². The van der Waals surface area contributed by atoms with Gasteiger partial charge in [-0.05, 0) is 43.3 Å². The van der Waals surface area contributed by atoms with Crippen molar-refractivity contribution in [3.63, 3.8) is 0 Å². The molecule has 0 aliphatic rings. The zero-order chi connectivity index (χ0) is 17.5. The molecule has 0 aliphatic heterocycles. The molecule has 0 bridgehead atoms. The topological polar surface area (TPSA) is 41.6 Å². The van der Waals surface area contributed by atoms with E-state index >= 15 is 0 Å². The van der Waals surface area contributed by atoms with E-state index in [2.05, 4.69) is 5.32 Å². The Bertz CT molecular complexity index is 673. The number of carbonyl (C=O) groups excluding carboxylic acids is 1. The molecule has 1 unspecified atom stereocenters. The van der Waals surface area contributed by atoms with E-state index in [0.29, 0.717) is 18.1 Å². The van der Waals surface area contributed by atoms with Crippen LogP contribution in [0.4, 0.5) is 0 Å². The molecule has 1 atom stereocenters. The predicted octanol–water partition coefficient (Wildman–Crippen LogP) is 3.66. The van der Waals surface area contributed by atoms with E-state index in [9.17, 15) is 4.79 Å². The number of benzene rings is 2. The van der Waals surface area contributed by atoms with Gasteiger partial charge in [0.2, 0.25) is 5.91 Å². The molecular weight excluding hydrogens is 324 g/mol. The molecule has 0 saturated carbocycles. The molecule has 4 nitrogen and oxygen atoms in total. The fourth-order valence-corrected chi connectivity index (χ4v) is 2.83. The lowest BCUT2D eigenvalue weighted by molar-refractivity contribution is -0.122. The number of nitrogens with one attached hydrogen (secondary N) is 1. The second-order valence-corrected chi connectivity index (χ2v) is 6.24. The first-order chi connectivity index (χ1) is 11.5. The highest BCUT2D eigenvalue weighted by atomic mass is 35.5. The molecule has 1 N–H and O–H groups in total. The van der Waals surface area contributed by atoms with Gasteiger partial charge >= 0.3 is 0 Å². The monoisotopic (exact) mass is 346 g/mol. The Hall–Kier alpha value is -2.04. The van der Waals surface area contributed by atoms with Crippen LogP contribution in [0.5, 0.6) is 5.75 Å². The fourth-order valence-electron chi connectivity index (χ4n) is 2.53. The van der Waals surface area contributed by atoms with Crippen LogP contribution in [0.15, 0.2) is 48.5 Å². The Morgan fingerprint density at radius 1 is 1.21 bits per heavy atom. The van der Waals surface area contributed by atoms with Crippen molar-refractivity contribution in [1.82, 2.24) is 10.2 Å². The van der Waals surface area contributed by atoms with Gasteiger partial charge in [0, 0.05) is 11.6 Å². The van der Waals surface area contributed by atoms with Crippen molar-refractivity contribution >= 4 is 17.5 Å². The average molecular weight is 347 g/mol. The van der Waals surface area contributed by atoms with E-state index in [1.807, 2.05) is 67.4 Å². The molecular formula is C19H23ClN2O2. The molecule has 2 rings (SSSR count). The Kier molecular flexibility index (Phi) is 6.64. The highest BCUT2D eigenvalue weighted by Gasteiger charge is 2.13. The molecule has 0 aliphatic carbocycles. The summed E-state index contributed by atoms with van der Waals surface area (Å²) in [5.74, 6) is 0.797. The molecule has 2 aromatic rings. The summed E-state index contributed by atoms with van der Waals surface area (Å²) in [6, 6.07) is 15.3. The van der Waals surface area contributed by atoms with Gasteiger partial charge in [-0.1, -0.05) is 41.9 Å². The Morgan fingerprint density at radius 2 is 1.88 bits per heavy atom. The molecule has 5 heteroatoms. The second-order valence-electron chi connectivity index (χ2n) is 5.83. The maximum absolute atomic E-state index is 12.2. The van der Waals surface area contributed by atoms with Gasteiger partial charge in [-0.15, -0.1) is 0 Å². The van der Waals surface area contributed by atoms with Crippen molar-refractivity contribution in [2.24, 2.45) is 0 Å². The summed E-state index contributed by atoms with van der Waals surface area (Å²) in [7, 11) is 3.57. The molecule has 1 amide bonds. The minimum Gasteiger partial charge on any atom is -0.497 e. The molecule has 0 heterocycles. The summed E-state index contributed by atoms with van der Waals surface area (Å²) in [4.78, 5) is 14.2. The lowest BCUT2D eigenvalue weighted by atomic mass is 10.1. The third kappa shape index (κ3) is 5.25. The summed E-state index contributed by atoms with van der Waals surface area (Å²) in [5.41, 5.74) is 2.05. The first-order valence-electron chi connectivity index (χ1n) is 7.85. The highest BCUT2D eigenvalue weighted by molar-refractivity contribution is 6.31. The van der Waals surface area contributed by atoms with Gasteiger partial charge in [0.15, 0.2) is 0 Å². The number of amides is 1. The zero-order valence-electron chi connectivity index (χ0n) is 14.3. The van der Waals surface area contributed by atoms with Gasteiger partial charge in [0.05, 0.1) is 19.7 Å². The number of hydrogen-bond acceptors (Lipinski definition) is 3. The number of halogens is 1. The van der Waals surface area contributed by atoms with Crippen molar-refractivity contribution in [3.05, 3.63) is 64.7 Å². The van der Waals surface area contributed by atoms with Crippen molar-refractivity contribution in [2.45, 2.75) is 19.5 Å².